The second-order valence-electron chi connectivity index (χ2n) is 9.31. The van der Waals surface area contributed by atoms with Crippen LogP contribution < -0.4 is 10.3 Å². The van der Waals surface area contributed by atoms with Crippen molar-refractivity contribution in [1.29, 1.82) is 0 Å². The number of hydrogen-bond donors (Lipinski definition) is 1. The van der Waals surface area contributed by atoms with Gasteiger partial charge in [-0.1, -0.05) is 30.7 Å². The first kappa shape index (κ1) is 22.3. The maximum atomic E-state index is 13.3. The van der Waals surface area contributed by atoms with Crippen molar-refractivity contribution in [3.63, 3.8) is 0 Å². The van der Waals surface area contributed by atoms with Gasteiger partial charge in [0.2, 0.25) is 0 Å². The lowest BCUT2D eigenvalue weighted by molar-refractivity contribution is 0.149. The van der Waals surface area contributed by atoms with Gasteiger partial charge in [0.05, 0.1) is 13.7 Å². The fourth-order valence-corrected chi connectivity index (χ4v) is 4.76. The van der Waals surface area contributed by atoms with Gasteiger partial charge in [-0.15, -0.1) is 5.10 Å². The minimum atomic E-state index is -0.325. The van der Waals surface area contributed by atoms with Gasteiger partial charge in [0, 0.05) is 11.1 Å². The van der Waals surface area contributed by atoms with Gasteiger partial charge >= 0.3 is 0 Å². The average Bonchev–Trinajstić information content (AvgIpc) is 3.29. The summed E-state index contributed by atoms with van der Waals surface area (Å²) < 4.78 is 7.09. The van der Waals surface area contributed by atoms with Crippen molar-refractivity contribution in [1.82, 2.24) is 30.1 Å². The maximum Gasteiger partial charge on any atom is 0.253 e. The number of hydrogen-bond acceptors (Lipinski definition) is 6. The molecule has 1 aliphatic rings. The zero-order valence-corrected chi connectivity index (χ0v) is 19.9. The number of H-pyrrole nitrogens is 1. The Kier molecular flexibility index (Phi) is 6.15. The van der Waals surface area contributed by atoms with Crippen LogP contribution in [0.25, 0.3) is 10.9 Å². The highest BCUT2D eigenvalue weighted by molar-refractivity contribution is 5.79. The molecule has 1 saturated heterocycles. The van der Waals surface area contributed by atoms with Crippen LogP contribution in [0.15, 0.2) is 53.3 Å². The summed E-state index contributed by atoms with van der Waals surface area (Å²) in [6.07, 6.45) is 2.17. The summed E-state index contributed by atoms with van der Waals surface area (Å²) in [5.74, 6) is 2.16. The van der Waals surface area contributed by atoms with Crippen molar-refractivity contribution in [3.8, 4) is 5.75 Å². The van der Waals surface area contributed by atoms with E-state index in [1.54, 1.807) is 7.11 Å². The van der Waals surface area contributed by atoms with Crippen LogP contribution in [0.4, 0.5) is 0 Å². The fourth-order valence-electron chi connectivity index (χ4n) is 4.76. The number of likely N-dealkylation sites (tertiary alicyclic amines) is 1. The first-order chi connectivity index (χ1) is 16.5. The van der Waals surface area contributed by atoms with Crippen molar-refractivity contribution in [3.05, 3.63) is 81.4 Å². The van der Waals surface area contributed by atoms with E-state index in [0.29, 0.717) is 23.9 Å². The van der Waals surface area contributed by atoms with Gasteiger partial charge in [0.15, 0.2) is 5.82 Å². The summed E-state index contributed by atoms with van der Waals surface area (Å²) >= 11 is 0. The van der Waals surface area contributed by atoms with Crippen LogP contribution in [-0.4, -0.2) is 50.3 Å². The van der Waals surface area contributed by atoms with Crippen molar-refractivity contribution in [2.24, 2.45) is 5.92 Å². The van der Waals surface area contributed by atoms with E-state index in [1.807, 2.05) is 47.1 Å². The van der Waals surface area contributed by atoms with Crippen LogP contribution in [0.3, 0.4) is 0 Å². The minimum Gasteiger partial charge on any atom is -0.497 e. The highest BCUT2D eigenvalue weighted by Crippen LogP contribution is 2.31. The van der Waals surface area contributed by atoms with Crippen LogP contribution in [0, 0.1) is 12.8 Å². The topological polar surface area (TPSA) is 88.9 Å². The van der Waals surface area contributed by atoms with Crippen molar-refractivity contribution in [2.75, 3.05) is 20.2 Å². The zero-order valence-electron chi connectivity index (χ0n) is 19.9. The van der Waals surface area contributed by atoms with Crippen molar-refractivity contribution >= 4 is 10.9 Å². The summed E-state index contributed by atoms with van der Waals surface area (Å²) in [4.78, 5) is 18.8. The van der Waals surface area contributed by atoms with Crippen molar-refractivity contribution < 1.29 is 4.74 Å². The monoisotopic (exact) mass is 458 g/mol. The molecule has 0 saturated carbocycles. The number of aromatic nitrogens is 5. The molecule has 0 bridgehead atoms. The summed E-state index contributed by atoms with van der Waals surface area (Å²) in [6, 6.07) is 15.6. The molecular formula is C26H30N6O2. The Morgan fingerprint density at radius 3 is 2.62 bits per heavy atom. The second kappa shape index (κ2) is 9.38. The molecule has 0 aliphatic carbocycles. The molecule has 0 spiro atoms. The number of aryl methyl sites for hydroxylation is 1. The summed E-state index contributed by atoms with van der Waals surface area (Å²) in [6.45, 7) is 6.64. The number of nitrogens with one attached hydrogen (secondary N) is 1. The minimum absolute atomic E-state index is 0.0982. The molecule has 0 amide bonds. The number of nitrogens with zero attached hydrogens (tertiary/aromatic N) is 5. The Balaban J connectivity index is 1.58. The van der Waals surface area contributed by atoms with Gasteiger partial charge < -0.3 is 9.72 Å². The average molecular weight is 459 g/mol. The predicted octanol–water partition coefficient (Wildman–Crippen LogP) is 3.70. The van der Waals surface area contributed by atoms with Crippen LogP contribution in [0.5, 0.6) is 5.75 Å². The lowest BCUT2D eigenvalue weighted by Gasteiger charge is -2.35. The third kappa shape index (κ3) is 4.46. The second-order valence-corrected chi connectivity index (χ2v) is 9.31. The van der Waals surface area contributed by atoms with Crippen LogP contribution in [-0.2, 0) is 6.54 Å². The molecule has 34 heavy (non-hydrogen) atoms. The quantitative estimate of drug-likeness (QED) is 0.474. The smallest absolute Gasteiger partial charge is 0.253 e. The third-order valence-corrected chi connectivity index (χ3v) is 6.80. The number of fused-ring (bicyclic) bond motifs is 1. The zero-order chi connectivity index (χ0) is 23.7. The van der Waals surface area contributed by atoms with Gasteiger partial charge in [-0.05, 0) is 90.5 Å². The molecule has 4 aromatic rings. The molecule has 8 nitrogen and oxygen atoms in total. The number of aromatic amines is 1. The van der Waals surface area contributed by atoms with E-state index in [1.165, 1.54) is 0 Å². The normalized spacial score (nSPS) is 16.1. The number of piperidine rings is 1. The number of tetrazole rings is 1. The van der Waals surface area contributed by atoms with Crippen LogP contribution in [0.2, 0.25) is 0 Å². The first-order valence-electron chi connectivity index (χ1n) is 11.8. The Morgan fingerprint density at radius 1 is 1.12 bits per heavy atom. The Morgan fingerprint density at radius 2 is 1.88 bits per heavy atom. The fraction of sp³-hybridized carbons (Fsp3) is 0.385. The van der Waals surface area contributed by atoms with E-state index >= 15 is 0 Å². The highest BCUT2D eigenvalue weighted by atomic mass is 16.5. The van der Waals surface area contributed by atoms with Gasteiger partial charge in [0.1, 0.15) is 11.8 Å². The molecule has 1 aliphatic heterocycles. The first-order valence-corrected chi connectivity index (χ1v) is 11.8. The Bertz CT molecular complexity index is 1340. The molecule has 1 fully saturated rings. The van der Waals surface area contributed by atoms with Gasteiger partial charge in [-0.3, -0.25) is 9.69 Å². The lowest BCUT2D eigenvalue weighted by atomic mass is 9.95. The molecule has 176 valence electrons. The van der Waals surface area contributed by atoms with Gasteiger partial charge in [-0.2, -0.15) is 0 Å². The van der Waals surface area contributed by atoms with Gasteiger partial charge in [-0.25, -0.2) is 4.68 Å². The highest BCUT2D eigenvalue weighted by Gasteiger charge is 2.32. The number of benzene rings is 2. The number of ether oxygens (including phenoxy) is 1. The van der Waals surface area contributed by atoms with E-state index in [-0.39, 0.29) is 11.6 Å². The Hall–Kier alpha value is -3.52. The maximum absolute atomic E-state index is 13.3. The molecule has 0 radical (unpaired) electrons. The summed E-state index contributed by atoms with van der Waals surface area (Å²) in [5.41, 5.74) is 3.63. The number of pyridine rings is 1. The molecule has 3 heterocycles. The van der Waals surface area contributed by atoms with E-state index in [4.69, 9.17) is 4.74 Å². The number of methoxy groups -OCH3 is 1. The molecule has 0 unspecified atom stereocenters. The summed E-state index contributed by atoms with van der Waals surface area (Å²) in [7, 11) is 1.65. The van der Waals surface area contributed by atoms with Gasteiger partial charge in [0.25, 0.3) is 5.56 Å². The molecule has 1 N–H and O–H groups in total. The molecule has 2 aromatic heterocycles. The van der Waals surface area contributed by atoms with Crippen LogP contribution in [0.1, 0.15) is 48.3 Å². The lowest BCUT2D eigenvalue weighted by Crippen LogP contribution is -2.40. The standard InChI is InChI=1S/C26H30N6O2/c1-17-10-12-31(13-11-17)24(22-15-20-14-18(2)4-9-23(20)27-26(22)33)25-28-29-30-32(25)16-19-5-7-21(34-3)8-6-19/h4-9,14-15,17,24H,10-13,16H2,1-3H3,(H,27,33)/t24-/m1/s1. The van der Waals surface area contributed by atoms with Crippen LogP contribution >= 0.6 is 0 Å². The van der Waals surface area contributed by atoms with Crippen molar-refractivity contribution in [2.45, 2.75) is 39.3 Å². The predicted molar refractivity (Wildman–Crippen MR) is 131 cm³/mol. The largest absolute Gasteiger partial charge is 0.497 e. The van der Waals surface area contributed by atoms with E-state index < -0.39 is 0 Å². The van der Waals surface area contributed by atoms with E-state index in [0.717, 1.165) is 53.7 Å². The molecular weight excluding hydrogens is 428 g/mol. The summed E-state index contributed by atoms with van der Waals surface area (Å²) in [5, 5.41) is 13.8. The molecule has 8 heteroatoms. The molecule has 2 aromatic carbocycles. The Labute approximate surface area is 198 Å². The molecule has 5 rings (SSSR count). The third-order valence-electron chi connectivity index (χ3n) is 6.80. The number of rotatable bonds is 6. The van der Waals surface area contributed by atoms with E-state index in [2.05, 4.69) is 45.3 Å². The van der Waals surface area contributed by atoms with E-state index in [9.17, 15) is 4.79 Å². The SMILES string of the molecule is COc1ccc(Cn2nnnc2[C@@H](c2cc3cc(C)ccc3[nH]c2=O)N2CCC(C)CC2)cc1. The molecule has 1 atom stereocenters.